The summed E-state index contributed by atoms with van der Waals surface area (Å²) in [5, 5.41) is 9.70. The van der Waals surface area contributed by atoms with Gasteiger partial charge >= 0.3 is 134 Å². The number of thiophene rings is 1. The summed E-state index contributed by atoms with van der Waals surface area (Å²) < 4.78 is 5.03. The van der Waals surface area contributed by atoms with Gasteiger partial charge in [0.05, 0.1) is 0 Å². The molecule has 170 valence electrons. The van der Waals surface area contributed by atoms with Crippen molar-refractivity contribution in [2.24, 2.45) is 0 Å². The van der Waals surface area contributed by atoms with Crippen molar-refractivity contribution in [2.45, 2.75) is 108 Å². The molecule has 1 N–H and O–H groups in total. The van der Waals surface area contributed by atoms with E-state index in [4.69, 9.17) is 5.11 Å². The molecule has 0 bridgehead atoms. The molecule has 5 rings (SSSR count). The van der Waals surface area contributed by atoms with Crippen LogP contribution >= 0.6 is 11.3 Å². The van der Waals surface area contributed by atoms with Crippen molar-refractivity contribution in [2.75, 3.05) is 0 Å². The average Bonchev–Trinajstić information content (AvgIpc) is 3.27. The van der Waals surface area contributed by atoms with E-state index in [-0.39, 0.29) is 0 Å². The van der Waals surface area contributed by atoms with Crippen LogP contribution in [0.15, 0.2) is 30.3 Å². The third kappa shape index (κ3) is 6.49. The maximum Gasteiger partial charge on any atom is 0.345 e. The van der Waals surface area contributed by atoms with Crippen molar-refractivity contribution >= 4 is 47.2 Å². The van der Waals surface area contributed by atoms with Gasteiger partial charge in [0.25, 0.3) is 0 Å². The third-order valence-electron chi connectivity index (χ3n) is 8.22. The molecule has 3 saturated carbocycles. The predicted octanol–water partition coefficient (Wildman–Crippen LogP) is 8.82. The van der Waals surface area contributed by atoms with Crippen LogP contribution in [0.5, 0.6) is 0 Å². The number of hydrogen-bond donors (Lipinski definition) is 1. The van der Waals surface area contributed by atoms with Gasteiger partial charge < -0.3 is 5.11 Å². The van der Waals surface area contributed by atoms with Gasteiger partial charge in [0.1, 0.15) is 4.88 Å². The number of benzene rings is 1. The van der Waals surface area contributed by atoms with Crippen LogP contribution in [0.25, 0.3) is 10.1 Å². The van der Waals surface area contributed by atoms with Crippen molar-refractivity contribution in [1.82, 2.24) is 0 Å². The van der Waals surface area contributed by atoms with Crippen LogP contribution in [0.3, 0.4) is 0 Å². The van der Waals surface area contributed by atoms with E-state index in [9.17, 15) is 4.79 Å². The molecule has 0 radical (unpaired) electrons. The Kier molecular flexibility index (Phi) is 9.18. The summed E-state index contributed by atoms with van der Waals surface area (Å²) in [6.45, 7) is 0. The summed E-state index contributed by atoms with van der Waals surface area (Å²) in [7, 11) is 0. The number of aromatic carboxylic acids is 1. The largest absolute Gasteiger partial charge is 0.477 e. The Balaban J connectivity index is 0.000000166. The standard InChI is InChI=1S/C9H6O2S.3C6H11.Sn.H/c10-9(11)8-5-6-3-1-2-4-7(6)12-8;3*1-2-4-6-5-3-1;;/h1-5H,(H,10,11);3*1H,2-6H2;;. The first-order valence-corrected chi connectivity index (χ1v) is 19.5. The second kappa shape index (κ2) is 12.1. The van der Waals surface area contributed by atoms with Gasteiger partial charge in [0.2, 0.25) is 0 Å². The molecular formula is C27H40O2SSn. The van der Waals surface area contributed by atoms with Gasteiger partial charge in [-0.25, -0.2) is 4.79 Å². The second-order valence-electron chi connectivity index (χ2n) is 10.2. The maximum atomic E-state index is 10.6. The Bertz CT molecular complexity index is 738. The molecule has 1 heterocycles. The number of rotatable bonds is 4. The molecule has 0 spiro atoms. The van der Waals surface area contributed by atoms with E-state index < -0.39 is 25.7 Å². The zero-order chi connectivity index (χ0) is 21.5. The van der Waals surface area contributed by atoms with Crippen LogP contribution in [0.2, 0.25) is 11.8 Å². The monoisotopic (exact) mass is 548 g/mol. The Hall–Kier alpha value is -0.551. The fourth-order valence-electron chi connectivity index (χ4n) is 6.80. The summed E-state index contributed by atoms with van der Waals surface area (Å²) >= 11 is -0.000244. The van der Waals surface area contributed by atoms with Crippen molar-refractivity contribution in [3.8, 4) is 0 Å². The first kappa shape index (κ1) is 23.6. The van der Waals surface area contributed by atoms with Crippen LogP contribution in [-0.4, -0.2) is 30.8 Å². The summed E-state index contributed by atoms with van der Waals surface area (Å²) in [5.74, 6) is -0.851. The van der Waals surface area contributed by atoms with E-state index >= 15 is 0 Å². The Morgan fingerprint density at radius 1 is 0.742 bits per heavy atom. The van der Waals surface area contributed by atoms with E-state index in [0.717, 1.165) is 10.1 Å². The average molecular weight is 547 g/mol. The minimum Gasteiger partial charge on any atom is -0.477 e. The van der Waals surface area contributed by atoms with Gasteiger partial charge in [0.15, 0.2) is 0 Å². The minimum absolute atomic E-state index is 0.399. The van der Waals surface area contributed by atoms with Crippen molar-refractivity contribution in [3.63, 3.8) is 0 Å². The van der Waals surface area contributed by atoms with Crippen molar-refractivity contribution in [3.05, 3.63) is 35.2 Å². The number of carboxylic acid groups (broad SMARTS) is 1. The van der Waals surface area contributed by atoms with Gasteiger partial charge in [-0.2, -0.15) is 0 Å². The van der Waals surface area contributed by atoms with Gasteiger partial charge in [-0.3, -0.25) is 0 Å². The quantitative estimate of drug-likeness (QED) is 0.389. The molecule has 3 aliphatic rings. The molecule has 31 heavy (non-hydrogen) atoms. The fraction of sp³-hybridized carbons (Fsp3) is 0.667. The van der Waals surface area contributed by atoms with Crippen molar-refractivity contribution < 1.29 is 9.90 Å². The molecule has 3 aliphatic carbocycles. The molecule has 3 fully saturated rings. The molecule has 1 aromatic heterocycles. The summed E-state index contributed by atoms with van der Waals surface area (Å²) in [4.78, 5) is 11.0. The molecule has 0 amide bonds. The van der Waals surface area contributed by atoms with Gasteiger partial charge in [0, 0.05) is 4.70 Å². The van der Waals surface area contributed by atoms with Crippen LogP contribution < -0.4 is 0 Å². The van der Waals surface area contributed by atoms with Crippen LogP contribution in [0.4, 0.5) is 0 Å². The fourth-order valence-corrected chi connectivity index (χ4v) is 24.9. The van der Waals surface area contributed by atoms with Crippen LogP contribution in [0.1, 0.15) is 106 Å². The summed E-state index contributed by atoms with van der Waals surface area (Å²) in [6, 6.07) is 9.35. The number of hydrogen-bond acceptors (Lipinski definition) is 2. The summed E-state index contributed by atoms with van der Waals surface area (Å²) in [5.41, 5.74) is 0. The first-order chi connectivity index (χ1) is 15.2. The molecule has 1 aromatic carbocycles. The van der Waals surface area contributed by atoms with Crippen LogP contribution in [0, 0.1) is 0 Å². The SMILES string of the molecule is C1CC[CH]([SnH]([CH]2CCCCC2)[CH]2CCCCC2)CC1.O=C(O)c1cc2ccccc2s1. The van der Waals surface area contributed by atoms with Gasteiger partial charge in [-0.15, -0.1) is 11.3 Å². The van der Waals surface area contributed by atoms with E-state index in [0.29, 0.717) is 4.88 Å². The maximum absolute atomic E-state index is 10.6. The minimum atomic E-state index is -1.31. The zero-order valence-electron chi connectivity index (χ0n) is 19.1. The topological polar surface area (TPSA) is 37.3 Å². The third-order valence-corrected chi connectivity index (χ3v) is 24.4. The predicted molar refractivity (Wildman–Crippen MR) is 136 cm³/mol. The molecule has 0 saturated heterocycles. The van der Waals surface area contributed by atoms with E-state index in [1.165, 1.54) is 23.1 Å². The molecule has 0 unspecified atom stereocenters. The molecule has 0 atom stereocenters. The number of carboxylic acids is 1. The zero-order valence-corrected chi connectivity index (χ0v) is 23.2. The van der Waals surface area contributed by atoms with Gasteiger partial charge in [-0.1, -0.05) is 18.2 Å². The smallest absolute Gasteiger partial charge is 0.345 e. The normalized spacial score (nSPS) is 21.7. The molecule has 4 heteroatoms. The molecule has 0 aliphatic heterocycles. The summed E-state index contributed by atoms with van der Waals surface area (Å²) in [6.07, 6.45) is 24.3. The molecule has 2 nitrogen and oxygen atoms in total. The number of carbonyl (C=O) groups is 1. The van der Waals surface area contributed by atoms with E-state index in [1.54, 1.807) is 102 Å². The number of fused-ring (bicyclic) bond motifs is 1. The second-order valence-corrected chi connectivity index (χ2v) is 22.7. The van der Waals surface area contributed by atoms with E-state index in [1.807, 2.05) is 24.3 Å². The Morgan fingerprint density at radius 2 is 1.19 bits per heavy atom. The first-order valence-electron chi connectivity index (χ1n) is 12.9. The van der Waals surface area contributed by atoms with Crippen LogP contribution in [-0.2, 0) is 0 Å². The molecular weight excluding hydrogens is 507 g/mol. The Labute approximate surface area is 199 Å². The Morgan fingerprint density at radius 3 is 1.61 bits per heavy atom. The van der Waals surface area contributed by atoms with E-state index in [2.05, 4.69) is 0 Å². The van der Waals surface area contributed by atoms with Gasteiger partial charge in [-0.05, 0) is 17.5 Å². The van der Waals surface area contributed by atoms with Crippen molar-refractivity contribution in [1.29, 1.82) is 0 Å². The molecule has 2 aromatic rings.